The van der Waals surface area contributed by atoms with Gasteiger partial charge >= 0.3 is 12.0 Å². The number of nitrogens with one attached hydrogen (secondary N) is 2. The molecule has 1 saturated heterocycles. The molecule has 1 aliphatic carbocycles. The largest absolute Gasteiger partial charge is 0.480 e. The Hall–Kier alpha value is -1.30. The monoisotopic (exact) mass is 297 g/mol. The minimum absolute atomic E-state index is 0.121. The Kier molecular flexibility index (Phi) is 5.08. The lowest BCUT2D eigenvalue weighted by Crippen LogP contribution is -2.60. The summed E-state index contributed by atoms with van der Waals surface area (Å²) in [4.78, 5) is 26.0. The molecule has 3 N–H and O–H groups in total. The van der Waals surface area contributed by atoms with Gasteiger partial charge in [0.2, 0.25) is 0 Å². The van der Waals surface area contributed by atoms with Crippen molar-refractivity contribution in [2.45, 2.75) is 57.0 Å². The highest BCUT2D eigenvalue weighted by Gasteiger charge is 2.41. The minimum atomic E-state index is -1.07. The van der Waals surface area contributed by atoms with Crippen molar-refractivity contribution in [2.75, 3.05) is 20.1 Å². The van der Waals surface area contributed by atoms with E-state index in [1.165, 1.54) is 0 Å². The van der Waals surface area contributed by atoms with Gasteiger partial charge in [-0.15, -0.1) is 0 Å². The molecule has 2 rings (SSSR count). The number of urea groups is 1. The van der Waals surface area contributed by atoms with Crippen LogP contribution < -0.4 is 10.6 Å². The summed E-state index contributed by atoms with van der Waals surface area (Å²) in [7, 11) is 2.08. The predicted molar refractivity (Wildman–Crippen MR) is 80.2 cm³/mol. The minimum Gasteiger partial charge on any atom is -0.480 e. The summed E-state index contributed by atoms with van der Waals surface area (Å²) < 4.78 is 0. The number of hydrogen-bond acceptors (Lipinski definition) is 3. The van der Waals surface area contributed by atoms with Crippen molar-refractivity contribution in [3.63, 3.8) is 0 Å². The normalized spacial score (nSPS) is 29.6. The Morgan fingerprint density at radius 2 is 1.90 bits per heavy atom. The number of rotatable bonds is 3. The quantitative estimate of drug-likeness (QED) is 0.736. The van der Waals surface area contributed by atoms with Gasteiger partial charge in [0.15, 0.2) is 0 Å². The summed E-state index contributed by atoms with van der Waals surface area (Å²) in [5.41, 5.74) is -1.07. The van der Waals surface area contributed by atoms with Crippen LogP contribution in [0.4, 0.5) is 4.79 Å². The zero-order valence-electron chi connectivity index (χ0n) is 13.0. The van der Waals surface area contributed by atoms with E-state index in [-0.39, 0.29) is 12.1 Å². The first-order chi connectivity index (χ1) is 9.93. The second kappa shape index (κ2) is 6.64. The fraction of sp³-hybridized carbons (Fsp3) is 0.867. The lowest BCUT2D eigenvalue weighted by molar-refractivity contribution is -0.145. The molecule has 2 aliphatic rings. The molecule has 0 aromatic rings. The van der Waals surface area contributed by atoms with Crippen LogP contribution in [0.25, 0.3) is 0 Å². The van der Waals surface area contributed by atoms with Gasteiger partial charge in [-0.05, 0) is 38.8 Å². The molecule has 1 heterocycles. The van der Waals surface area contributed by atoms with E-state index in [1.807, 2.05) is 0 Å². The number of likely N-dealkylation sites (tertiary alicyclic amines) is 1. The van der Waals surface area contributed by atoms with Crippen molar-refractivity contribution in [1.29, 1.82) is 0 Å². The van der Waals surface area contributed by atoms with Gasteiger partial charge in [-0.25, -0.2) is 9.59 Å². The van der Waals surface area contributed by atoms with Crippen molar-refractivity contribution in [2.24, 2.45) is 5.92 Å². The van der Waals surface area contributed by atoms with Gasteiger partial charge in [-0.2, -0.15) is 0 Å². The summed E-state index contributed by atoms with van der Waals surface area (Å²) in [6, 6.07) is -0.212. The first-order valence-corrected chi connectivity index (χ1v) is 7.93. The van der Waals surface area contributed by atoms with E-state index >= 15 is 0 Å². The van der Waals surface area contributed by atoms with Crippen molar-refractivity contribution in [3.05, 3.63) is 0 Å². The molecule has 2 amide bonds. The molecule has 2 fully saturated rings. The number of carboxylic acid groups (broad SMARTS) is 1. The maximum absolute atomic E-state index is 12.2. The molecule has 0 aromatic carbocycles. The first-order valence-electron chi connectivity index (χ1n) is 7.93. The number of hydrogen-bond donors (Lipinski definition) is 3. The predicted octanol–water partition coefficient (Wildman–Crippen LogP) is 1.41. The zero-order valence-corrected chi connectivity index (χ0v) is 13.0. The van der Waals surface area contributed by atoms with E-state index in [0.717, 1.165) is 38.8 Å². The summed E-state index contributed by atoms with van der Waals surface area (Å²) in [5.74, 6) is -0.532. The zero-order chi connectivity index (χ0) is 15.5. The summed E-state index contributed by atoms with van der Waals surface area (Å²) in [5, 5.41) is 15.2. The van der Waals surface area contributed by atoms with Gasteiger partial charge in [-0.1, -0.05) is 26.2 Å². The lowest BCUT2D eigenvalue weighted by atomic mass is 9.82. The number of carbonyl (C=O) groups is 2. The standard InChI is InChI=1S/C15H27N3O3/c1-11-10-18(2)9-6-12(11)16-14(21)17-15(13(19)20)7-4-3-5-8-15/h11-12H,3-10H2,1-2H3,(H,19,20)(H2,16,17,21). The van der Waals surface area contributed by atoms with Crippen LogP contribution in [0, 0.1) is 5.92 Å². The number of carbonyl (C=O) groups excluding carboxylic acids is 1. The Labute approximate surface area is 126 Å². The molecule has 21 heavy (non-hydrogen) atoms. The molecular formula is C15H27N3O3. The van der Waals surface area contributed by atoms with Crippen molar-refractivity contribution >= 4 is 12.0 Å². The lowest BCUT2D eigenvalue weighted by Gasteiger charge is -2.37. The third kappa shape index (κ3) is 3.87. The molecule has 6 nitrogen and oxygen atoms in total. The molecule has 2 atom stereocenters. The molecule has 2 unspecified atom stereocenters. The molecular weight excluding hydrogens is 270 g/mol. The van der Waals surface area contributed by atoms with Crippen LogP contribution in [0.1, 0.15) is 45.4 Å². The van der Waals surface area contributed by atoms with Crippen molar-refractivity contribution in [1.82, 2.24) is 15.5 Å². The molecule has 0 bridgehead atoms. The second-order valence-electron chi connectivity index (χ2n) is 6.68. The molecule has 0 aromatic heterocycles. The summed E-state index contributed by atoms with van der Waals surface area (Å²) in [6.45, 7) is 4.03. The average molecular weight is 297 g/mol. The molecule has 1 aliphatic heterocycles. The maximum atomic E-state index is 12.2. The molecule has 6 heteroatoms. The van der Waals surface area contributed by atoms with Gasteiger partial charge in [0.25, 0.3) is 0 Å². The Morgan fingerprint density at radius 1 is 1.24 bits per heavy atom. The number of nitrogens with zero attached hydrogens (tertiary/aromatic N) is 1. The van der Waals surface area contributed by atoms with Crippen LogP contribution in [0.5, 0.6) is 0 Å². The Balaban J connectivity index is 1.92. The number of amides is 2. The molecule has 120 valence electrons. The highest BCUT2D eigenvalue weighted by molar-refractivity contribution is 5.86. The Bertz CT molecular complexity index is 394. The van der Waals surface area contributed by atoms with Crippen LogP contribution in [0.2, 0.25) is 0 Å². The van der Waals surface area contributed by atoms with E-state index in [0.29, 0.717) is 18.8 Å². The van der Waals surface area contributed by atoms with E-state index in [9.17, 15) is 14.7 Å². The highest BCUT2D eigenvalue weighted by Crippen LogP contribution is 2.28. The van der Waals surface area contributed by atoms with Gasteiger partial charge in [0.05, 0.1) is 0 Å². The van der Waals surface area contributed by atoms with Crippen LogP contribution in [-0.4, -0.2) is 53.7 Å². The second-order valence-corrected chi connectivity index (χ2v) is 6.68. The van der Waals surface area contributed by atoms with E-state index in [4.69, 9.17) is 0 Å². The number of aliphatic carboxylic acids is 1. The fourth-order valence-electron chi connectivity index (χ4n) is 3.54. The third-order valence-electron chi connectivity index (χ3n) is 4.89. The van der Waals surface area contributed by atoms with Crippen LogP contribution >= 0.6 is 0 Å². The maximum Gasteiger partial charge on any atom is 0.329 e. The van der Waals surface area contributed by atoms with Gasteiger partial charge in [0, 0.05) is 12.6 Å². The third-order valence-corrected chi connectivity index (χ3v) is 4.89. The van der Waals surface area contributed by atoms with E-state index in [1.54, 1.807) is 0 Å². The molecule has 0 spiro atoms. The Morgan fingerprint density at radius 3 is 2.48 bits per heavy atom. The smallest absolute Gasteiger partial charge is 0.329 e. The van der Waals surface area contributed by atoms with Crippen LogP contribution in [0.3, 0.4) is 0 Å². The van der Waals surface area contributed by atoms with E-state index in [2.05, 4.69) is 29.5 Å². The van der Waals surface area contributed by atoms with E-state index < -0.39 is 11.5 Å². The highest BCUT2D eigenvalue weighted by atomic mass is 16.4. The summed E-state index contributed by atoms with van der Waals surface area (Å²) in [6.07, 6.45) is 4.72. The number of piperidine rings is 1. The van der Waals surface area contributed by atoms with Gasteiger partial charge in [0.1, 0.15) is 5.54 Å². The fourth-order valence-corrected chi connectivity index (χ4v) is 3.54. The SMILES string of the molecule is CC1CN(C)CCC1NC(=O)NC1(C(=O)O)CCCCC1. The van der Waals surface area contributed by atoms with Gasteiger partial charge in [-0.3, -0.25) is 0 Å². The van der Waals surface area contributed by atoms with Crippen LogP contribution in [0.15, 0.2) is 0 Å². The first kappa shape index (κ1) is 16.1. The van der Waals surface area contributed by atoms with Gasteiger partial charge < -0.3 is 20.6 Å². The summed E-state index contributed by atoms with van der Waals surface area (Å²) >= 11 is 0. The van der Waals surface area contributed by atoms with Crippen LogP contribution in [-0.2, 0) is 4.79 Å². The molecule has 1 saturated carbocycles. The number of carboxylic acids is 1. The van der Waals surface area contributed by atoms with Crippen molar-refractivity contribution in [3.8, 4) is 0 Å². The topological polar surface area (TPSA) is 81.7 Å². The molecule has 0 radical (unpaired) electrons. The average Bonchev–Trinajstić information content (AvgIpc) is 2.43. The van der Waals surface area contributed by atoms with Crippen molar-refractivity contribution < 1.29 is 14.7 Å².